The van der Waals surface area contributed by atoms with Crippen LogP contribution in [0.25, 0.3) is 11.4 Å². The molecule has 0 bridgehead atoms. The number of amides is 1. The van der Waals surface area contributed by atoms with E-state index in [2.05, 4.69) is 15.5 Å². The Morgan fingerprint density at radius 2 is 2.03 bits per heavy atom. The number of rotatable bonds is 8. The van der Waals surface area contributed by atoms with Gasteiger partial charge in [0.15, 0.2) is 22.5 Å². The molecule has 2 aromatic carbocycles. The highest BCUT2D eigenvalue weighted by Crippen LogP contribution is 2.34. The van der Waals surface area contributed by atoms with Gasteiger partial charge in [-0.25, -0.2) is 0 Å². The number of hydrogen-bond donors (Lipinski definition) is 1. The van der Waals surface area contributed by atoms with E-state index in [4.69, 9.17) is 14.2 Å². The summed E-state index contributed by atoms with van der Waals surface area (Å²) in [6.07, 6.45) is 2.16. The Hall–Kier alpha value is -3.04. The Balaban J connectivity index is 1.36. The molecule has 5 rings (SSSR count). The van der Waals surface area contributed by atoms with Crippen molar-refractivity contribution in [2.24, 2.45) is 0 Å². The van der Waals surface area contributed by atoms with Gasteiger partial charge in [0.2, 0.25) is 12.7 Å². The highest BCUT2D eigenvalue weighted by Gasteiger charge is 2.23. The minimum atomic E-state index is -0.324. The monoisotopic (exact) mass is 466 g/mol. The molecule has 2 aliphatic heterocycles. The van der Waals surface area contributed by atoms with Crippen molar-refractivity contribution in [1.29, 1.82) is 0 Å². The van der Waals surface area contributed by atoms with Gasteiger partial charge in [-0.05, 0) is 37.5 Å². The average Bonchev–Trinajstić information content (AvgIpc) is 3.60. The van der Waals surface area contributed by atoms with Crippen LogP contribution in [0.2, 0.25) is 0 Å². The second-order valence-corrected chi connectivity index (χ2v) is 9.39. The maximum Gasteiger partial charge on any atom is 0.233 e. The molecule has 0 unspecified atom stereocenters. The van der Waals surface area contributed by atoms with Crippen LogP contribution in [0, 0.1) is 0 Å². The van der Waals surface area contributed by atoms with Crippen molar-refractivity contribution in [1.82, 2.24) is 20.1 Å². The highest BCUT2D eigenvalue weighted by atomic mass is 32.2. The molecular weight excluding hydrogens is 440 g/mol. The number of thioether (sulfide) groups is 1. The molecule has 3 heterocycles. The van der Waals surface area contributed by atoms with Crippen molar-refractivity contribution >= 4 is 17.7 Å². The maximum absolute atomic E-state index is 12.7. The van der Waals surface area contributed by atoms with Crippen molar-refractivity contribution in [3.63, 3.8) is 0 Å². The summed E-state index contributed by atoms with van der Waals surface area (Å²) in [6.45, 7) is 3.98. The normalized spacial score (nSPS) is 17.8. The van der Waals surface area contributed by atoms with Gasteiger partial charge in [-0.2, -0.15) is 0 Å². The molecule has 0 aliphatic carbocycles. The molecule has 0 spiro atoms. The summed E-state index contributed by atoms with van der Waals surface area (Å²) < 4.78 is 18.6. The van der Waals surface area contributed by atoms with Gasteiger partial charge in [-0.3, -0.25) is 9.36 Å². The van der Waals surface area contributed by atoms with Crippen LogP contribution < -0.4 is 14.8 Å². The van der Waals surface area contributed by atoms with E-state index in [-0.39, 0.29) is 24.1 Å². The van der Waals surface area contributed by atoms with Crippen molar-refractivity contribution in [2.75, 3.05) is 19.9 Å². The first-order valence-electron chi connectivity index (χ1n) is 11.1. The molecule has 1 fully saturated rings. The van der Waals surface area contributed by atoms with Crippen LogP contribution in [-0.2, 0) is 16.1 Å². The molecular formula is C24H26N4O4S. The Morgan fingerprint density at radius 3 is 2.85 bits per heavy atom. The summed E-state index contributed by atoms with van der Waals surface area (Å²) in [4.78, 5) is 12.7. The van der Waals surface area contributed by atoms with Crippen molar-refractivity contribution in [3.8, 4) is 22.9 Å². The first-order valence-corrected chi connectivity index (χ1v) is 12.0. The van der Waals surface area contributed by atoms with E-state index in [0.717, 1.165) is 47.9 Å². The van der Waals surface area contributed by atoms with Gasteiger partial charge >= 0.3 is 0 Å². The van der Waals surface area contributed by atoms with E-state index < -0.39 is 0 Å². The number of ether oxygens (including phenoxy) is 3. The fourth-order valence-corrected chi connectivity index (χ4v) is 4.79. The predicted octanol–water partition coefficient (Wildman–Crippen LogP) is 3.50. The molecule has 1 saturated heterocycles. The molecule has 1 aromatic heterocycles. The lowest BCUT2D eigenvalue weighted by atomic mass is 10.2. The zero-order chi connectivity index (χ0) is 22.6. The van der Waals surface area contributed by atoms with E-state index in [1.165, 1.54) is 11.8 Å². The molecule has 9 heteroatoms. The molecule has 2 atom stereocenters. The molecule has 1 amide bonds. The lowest BCUT2D eigenvalue weighted by molar-refractivity contribution is -0.120. The van der Waals surface area contributed by atoms with Gasteiger partial charge in [0.1, 0.15) is 0 Å². The quantitative estimate of drug-likeness (QED) is 0.509. The third-order valence-electron chi connectivity index (χ3n) is 5.71. The summed E-state index contributed by atoms with van der Waals surface area (Å²) in [6, 6.07) is 15.8. The number of hydrogen-bond acceptors (Lipinski definition) is 7. The third-order valence-corrected chi connectivity index (χ3v) is 6.79. The number of nitrogens with zero attached hydrogens (tertiary/aromatic N) is 3. The number of benzene rings is 2. The number of carbonyl (C=O) groups excluding carboxylic acids is 1. The summed E-state index contributed by atoms with van der Waals surface area (Å²) in [7, 11) is 0. The largest absolute Gasteiger partial charge is 0.454 e. The fourth-order valence-electron chi connectivity index (χ4n) is 3.92. The van der Waals surface area contributed by atoms with E-state index in [9.17, 15) is 4.79 Å². The standard InChI is InChI=1S/C24H26N4O4S/c1-16(23(29)25-13-19-8-5-11-30-19)33-24-27-26-22(18-6-3-2-4-7-18)28(24)14-17-9-10-20-21(12-17)32-15-31-20/h2-4,6-7,9-10,12,16,19H,5,8,11,13-15H2,1H3,(H,25,29)/t16-,19+/m0/s1. The number of nitrogens with one attached hydrogen (secondary N) is 1. The van der Waals surface area contributed by atoms with Gasteiger partial charge in [-0.15, -0.1) is 10.2 Å². The third kappa shape index (κ3) is 4.99. The molecule has 33 heavy (non-hydrogen) atoms. The van der Waals surface area contributed by atoms with Crippen molar-refractivity contribution in [3.05, 3.63) is 54.1 Å². The molecule has 0 radical (unpaired) electrons. The van der Waals surface area contributed by atoms with E-state index >= 15 is 0 Å². The van der Waals surface area contributed by atoms with Crippen molar-refractivity contribution in [2.45, 2.75) is 42.8 Å². The van der Waals surface area contributed by atoms with Gasteiger partial charge < -0.3 is 19.5 Å². The Morgan fingerprint density at radius 1 is 1.18 bits per heavy atom. The fraction of sp³-hybridized carbons (Fsp3) is 0.375. The lowest BCUT2D eigenvalue weighted by Gasteiger charge is -2.16. The minimum absolute atomic E-state index is 0.0330. The number of carbonyl (C=O) groups is 1. The molecule has 172 valence electrons. The van der Waals surface area contributed by atoms with Gasteiger partial charge in [0.25, 0.3) is 0 Å². The topological polar surface area (TPSA) is 87.5 Å². The Bertz CT molecular complexity index is 1110. The second-order valence-electron chi connectivity index (χ2n) is 8.09. The summed E-state index contributed by atoms with van der Waals surface area (Å²) in [5.41, 5.74) is 2.00. The molecule has 2 aliphatic rings. The van der Waals surface area contributed by atoms with Crippen LogP contribution in [0.15, 0.2) is 53.7 Å². The minimum Gasteiger partial charge on any atom is -0.454 e. The van der Waals surface area contributed by atoms with Gasteiger partial charge in [-0.1, -0.05) is 48.2 Å². The maximum atomic E-state index is 12.7. The smallest absolute Gasteiger partial charge is 0.233 e. The molecule has 1 N–H and O–H groups in total. The summed E-state index contributed by atoms with van der Waals surface area (Å²) in [5, 5.41) is 12.3. The van der Waals surface area contributed by atoms with Crippen LogP contribution in [0.5, 0.6) is 11.5 Å². The summed E-state index contributed by atoms with van der Waals surface area (Å²) in [5.74, 6) is 2.20. The van der Waals surface area contributed by atoms with Gasteiger partial charge in [0, 0.05) is 18.7 Å². The van der Waals surface area contributed by atoms with Gasteiger partial charge in [0.05, 0.1) is 17.9 Å². The molecule has 3 aromatic rings. The number of fused-ring (bicyclic) bond motifs is 1. The Kier molecular flexibility index (Phi) is 6.50. The zero-order valence-corrected chi connectivity index (χ0v) is 19.2. The first kappa shape index (κ1) is 21.8. The first-order chi connectivity index (χ1) is 16.2. The average molecular weight is 467 g/mol. The van der Waals surface area contributed by atoms with E-state index in [1.54, 1.807) is 0 Å². The zero-order valence-electron chi connectivity index (χ0n) is 18.4. The van der Waals surface area contributed by atoms with Crippen LogP contribution in [0.4, 0.5) is 0 Å². The second kappa shape index (κ2) is 9.84. The Labute approximate surface area is 196 Å². The number of aromatic nitrogens is 3. The molecule has 8 nitrogen and oxygen atoms in total. The molecule has 0 saturated carbocycles. The predicted molar refractivity (Wildman–Crippen MR) is 124 cm³/mol. The lowest BCUT2D eigenvalue weighted by Crippen LogP contribution is -2.36. The van der Waals surface area contributed by atoms with Crippen molar-refractivity contribution < 1.29 is 19.0 Å². The SMILES string of the molecule is C[C@H](Sc1nnc(-c2ccccc2)n1Cc1ccc2c(c1)OCO2)C(=O)NC[C@H]1CCCO1. The van der Waals surface area contributed by atoms with E-state index in [0.29, 0.717) is 18.2 Å². The van der Waals surface area contributed by atoms with E-state index in [1.807, 2.05) is 60.0 Å². The van der Waals surface area contributed by atoms with Crippen LogP contribution in [-0.4, -0.2) is 52.0 Å². The van der Waals surface area contributed by atoms with Crippen LogP contribution in [0.3, 0.4) is 0 Å². The van der Waals surface area contributed by atoms with Crippen LogP contribution >= 0.6 is 11.8 Å². The van der Waals surface area contributed by atoms with Crippen LogP contribution in [0.1, 0.15) is 25.3 Å². The highest BCUT2D eigenvalue weighted by molar-refractivity contribution is 8.00. The summed E-state index contributed by atoms with van der Waals surface area (Å²) >= 11 is 1.40.